The summed E-state index contributed by atoms with van der Waals surface area (Å²) in [6, 6.07) is 0. The van der Waals surface area contributed by atoms with Gasteiger partial charge in [-0.15, -0.1) is 0 Å². The van der Waals surface area contributed by atoms with E-state index in [0.29, 0.717) is 12.8 Å². The van der Waals surface area contributed by atoms with Crippen molar-refractivity contribution in [1.82, 2.24) is 0 Å². The van der Waals surface area contributed by atoms with Gasteiger partial charge in [0.2, 0.25) is 0 Å². The van der Waals surface area contributed by atoms with Crippen molar-refractivity contribution in [2.24, 2.45) is 0 Å². The van der Waals surface area contributed by atoms with Gasteiger partial charge in [-0.2, -0.15) is 8.42 Å². The van der Waals surface area contributed by atoms with E-state index in [2.05, 4.69) is 19.9 Å². The normalized spacial score (nSPS) is 21.4. The number of ether oxygens (including phenoxy) is 4. The summed E-state index contributed by atoms with van der Waals surface area (Å²) in [5, 5.41) is 30.7. The molecule has 0 amide bonds. The van der Waals surface area contributed by atoms with E-state index in [9.17, 15) is 37.9 Å². The largest absolute Gasteiger partial charge is 0.462 e. The molecule has 52 heavy (non-hydrogen) atoms. The molecule has 0 radical (unpaired) electrons. The molecule has 0 spiro atoms. The smallest absolute Gasteiger partial charge is 0.306 e. The minimum Gasteiger partial charge on any atom is -0.462 e. The van der Waals surface area contributed by atoms with Crippen LogP contribution in [0.3, 0.4) is 0 Å². The van der Waals surface area contributed by atoms with Gasteiger partial charge in [0, 0.05) is 12.8 Å². The van der Waals surface area contributed by atoms with E-state index in [0.717, 1.165) is 32.1 Å². The summed E-state index contributed by atoms with van der Waals surface area (Å²) in [5.74, 6) is -2.04. The van der Waals surface area contributed by atoms with E-state index < -0.39 is 71.2 Å². The molecule has 1 saturated heterocycles. The van der Waals surface area contributed by atoms with Crippen LogP contribution in [-0.2, 0) is 38.7 Å². The fraction of sp³-hybridized carbons (Fsp3) is 0.897. The maximum Gasteiger partial charge on any atom is 0.306 e. The van der Waals surface area contributed by atoms with Gasteiger partial charge in [0.1, 0.15) is 36.8 Å². The molecule has 0 aromatic carbocycles. The average Bonchev–Trinajstić information content (AvgIpc) is 3.10. The van der Waals surface area contributed by atoms with Crippen LogP contribution in [0.25, 0.3) is 0 Å². The fourth-order valence-electron chi connectivity index (χ4n) is 6.16. The first-order chi connectivity index (χ1) is 25.0. The van der Waals surface area contributed by atoms with E-state index in [1.165, 1.54) is 96.3 Å². The Morgan fingerprint density at radius 1 is 0.635 bits per heavy atom. The third-order valence-corrected chi connectivity index (χ3v) is 10.1. The predicted molar refractivity (Wildman–Crippen MR) is 201 cm³/mol. The first-order valence-electron chi connectivity index (χ1n) is 20.2. The highest BCUT2D eigenvalue weighted by Gasteiger charge is 2.46. The summed E-state index contributed by atoms with van der Waals surface area (Å²) in [5.41, 5.74) is 0. The average molecular weight is 765 g/mol. The SMILES string of the molecule is CCCCCCCCCCCCC/C=C/CCC(=O)O[C@H](COC(=O)CCCCCCCCCCC)CO[C@H]1O[C@H](CS(=O)(=O)O)[C@@H](O)C(O)C1O. The molecule has 0 aromatic heterocycles. The van der Waals surface area contributed by atoms with E-state index in [4.69, 9.17) is 18.9 Å². The molecule has 1 aliphatic rings. The van der Waals surface area contributed by atoms with Crippen LogP contribution in [0.2, 0.25) is 0 Å². The summed E-state index contributed by atoms with van der Waals surface area (Å²) < 4.78 is 53.7. The van der Waals surface area contributed by atoms with Gasteiger partial charge in [-0.05, 0) is 25.7 Å². The predicted octanol–water partition coefficient (Wildman–Crippen LogP) is 7.11. The van der Waals surface area contributed by atoms with Crippen LogP contribution in [0.5, 0.6) is 0 Å². The Morgan fingerprint density at radius 2 is 1.13 bits per heavy atom. The van der Waals surface area contributed by atoms with Crippen molar-refractivity contribution in [2.45, 2.75) is 205 Å². The molecule has 0 aliphatic carbocycles. The summed E-state index contributed by atoms with van der Waals surface area (Å²) in [7, 11) is -4.60. The number of aliphatic hydroxyl groups excluding tert-OH is 3. The van der Waals surface area contributed by atoms with E-state index in [1.54, 1.807) is 0 Å². The zero-order valence-electron chi connectivity index (χ0n) is 32.2. The van der Waals surface area contributed by atoms with Crippen molar-refractivity contribution in [2.75, 3.05) is 19.0 Å². The van der Waals surface area contributed by atoms with Gasteiger partial charge >= 0.3 is 11.9 Å². The topological polar surface area (TPSA) is 186 Å². The van der Waals surface area contributed by atoms with Crippen LogP contribution in [0.1, 0.15) is 168 Å². The number of hydrogen-bond donors (Lipinski definition) is 4. The van der Waals surface area contributed by atoms with Crippen LogP contribution in [0, 0.1) is 0 Å². The summed E-state index contributed by atoms with van der Waals surface area (Å²) in [4.78, 5) is 25.2. The highest BCUT2D eigenvalue weighted by atomic mass is 32.2. The Hall–Kier alpha value is -1.61. The van der Waals surface area contributed by atoms with Crippen molar-refractivity contribution < 1.29 is 56.8 Å². The Kier molecular flexibility index (Phi) is 28.6. The zero-order valence-corrected chi connectivity index (χ0v) is 33.0. The first-order valence-corrected chi connectivity index (χ1v) is 21.9. The van der Waals surface area contributed by atoms with Crippen molar-refractivity contribution in [3.05, 3.63) is 12.2 Å². The monoisotopic (exact) mass is 764 g/mol. The Morgan fingerprint density at radius 3 is 1.67 bits per heavy atom. The molecule has 13 heteroatoms. The molecule has 0 aromatic rings. The van der Waals surface area contributed by atoms with Crippen LogP contribution < -0.4 is 0 Å². The minimum atomic E-state index is -4.60. The molecular weight excluding hydrogens is 692 g/mol. The lowest BCUT2D eigenvalue weighted by atomic mass is 10.00. The van der Waals surface area contributed by atoms with E-state index in [-0.39, 0.29) is 19.4 Å². The maximum atomic E-state index is 12.7. The van der Waals surface area contributed by atoms with Gasteiger partial charge in [-0.3, -0.25) is 14.1 Å². The number of allylic oxidation sites excluding steroid dienone is 2. The molecule has 1 aliphatic heterocycles. The van der Waals surface area contributed by atoms with Crippen LogP contribution >= 0.6 is 0 Å². The van der Waals surface area contributed by atoms with E-state index >= 15 is 0 Å². The third-order valence-electron chi connectivity index (χ3n) is 9.36. The third kappa shape index (κ3) is 25.4. The number of esters is 2. The summed E-state index contributed by atoms with van der Waals surface area (Å²) in [6.07, 6.45) is 20.1. The second-order valence-electron chi connectivity index (χ2n) is 14.3. The Bertz CT molecular complexity index is 1040. The highest BCUT2D eigenvalue weighted by molar-refractivity contribution is 7.85. The number of aliphatic hydroxyl groups is 3. The molecule has 0 bridgehead atoms. The molecule has 1 rings (SSSR count). The van der Waals surface area contributed by atoms with Crippen molar-refractivity contribution in [3.8, 4) is 0 Å². The molecule has 1 heterocycles. The molecule has 12 nitrogen and oxygen atoms in total. The van der Waals surface area contributed by atoms with Gasteiger partial charge in [-0.1, -0.05) is 142 Å². The number of rotatable bonds is 33. The lowest BCUT2D eigenvalue weighted by Crippen LogP contribution is -2.60. The van der Waals surface area contributed by atoms with Gasteiger partial charge in [0.25, 0.3) is 10.1 Å². The summed E-state index contributed by atoms with van der Waals surface area (Å²) >= 11 is 0. The number of unbranched alkanes of at least 4 members (excludes halogenated alkanes) is 19. The molecular formula is C39H72O12S. The maximum absolute atomic E-state index is 12.7. The second kappa shape index (κ2) is 30.7. The van der Waals surface area contributed by atoms with Crippen molar-refractivity contribution in [1.29, 1.82) is 0 Å². The Balaban J connectivity index is 2.51. The number of carbonyl (C=O) groups is 2. The number of carbonyl (C=O) groups excluding carboxylic acids is 2. The molecule has 4 N–H and O–H groups in total. The zero-order chi connectivity index (χ0) is 38.5. The van der Waals surface area contributed by atoms with Crippen LogP contribution in [0.15, 0.2) is 12.2 Å². The molecule has 6 atom stereocenters. The van der Waals surface area contributed by atoms with E-state index in [1.807, 2.05) is 6.08 Å². The van der Waals surface area contributed by atoms with Gasteiger partial charge in [0.05, 0.1) is 6.61 Å². The molecule has 0 saturated carbocycles. The second-order valence-corrected chi connectivity index (χ2v) is 15.8. The molecule has 306 valence electrons. The molecule has 2 unspecified atom stereocenters. The number of hydrogen-bond acceptors (Lipinski definition) is 11. The highest BCUT2D eigenvalue weighted by Crippen LogP contribution is 2.24. The lowest BCUT2D eigenvalue weighted by Gasteiger charge is -2.40. The molecule has 1 fully saturated rings. The van der Waals surface area contributed by atoms with Crippen LogP contribution in [-0.4, -0.2) is 96.0 Å². The quantitative estimate of drug-likeness (QED) is 0.0230. The standard InChI is InChI=1S/C39H72O12S/c1-3-5-7-9-11-13-14-15-16-17-18-20-22-24-26-28-35(41)50-32(29-48-34(40)27-25-23-21-19-12-10-8-6-4-2)30-49-39-38(44)37(43)36(42)33(51-39)31-52(45,46)47/h22,24,32-33,36-39,42-44H,3-21,23,25-31H2,1-2H3,(H,45,46,47)/b24-22+/t32-,33-,36-,37?,38?,39+/m1/s1. The fourth-order valence-corrected chi connectivity index (χ4v) is 6.85. The minimum absolute atomic E-state index is 0.0849. The van der Waals surface area contributed by atoms with Gasteiger partial charge in [0.15, 0.2) is 12.4 Å². The van der Waals surface area contributed by atoms with Crippen molar-refractivity contribution >= 4 is 22.1 Å². The Labute approximate surface area is 314 Å². The van der Waals surface area contributed by atoms with Crippen molar-refractivity contribution in [3.63, 3.8) is 0 Å². The lowest BCUT2D eigenvalue weighted by molar-refractivity contribution is -0.297. The van der Waals surface area contributed by atoms with Crippen LogP contribution in [0.4, 0.5) is 0 Å². The summed E-state index contributed by atoms with van der Waals surface area (Å²) in [6.45, 7) is 3.69. The van der Waals surface area contributed by atoms with Gasteiger partial charge < -0.3 is 34.3 Å². The van der Waals surface area contributed by atoms with Gasteiger partial charge in [-0.25, -0.2) is 0 Å². The first kappa shape index (κ1) is 48.4.